The van der Waals surface area contributed by atoms with Gasteiger partial charge in [0.2, 0.25) is 0 Å². The third-order valence-corrected chi connectivity index (χ3v) is 3.80. The van der Waals surface area contributed by atoms with E-state index in [0.29, 0.717) is 17.6 Å². The minimum atomic E-state index is -0.0589. The maximum absolute atomic E-state index is 6.00. The van der Waals surface area contributed by atoms with Gasteiger partial charge in [-0.2, -0.15) is 0 Å². The lowest BCUT2D eigenvalue weighted by Gasteiger charge is -2.39. The van der Waals surface area contributed by atoms with Crippen LogP contribution in [-0.4, -0.2) is 17.8 Å². The van der Waals surface area contributed by atoms with Gasteiger partial charge in [0.1, 0.15) is 11.9 Å². The summed E-state index contributed by atoms with van der Waals surface area (Å²) in [6.45, 7) is 13.1. The van der Waals surface area contributed by atoms with Gasteiger partial charge >= 0.3 is 0 Å². The van der Waals surface area contributed by atoms with Crippen molar-refractivity contribution in [3.05, 3.63) is 35.9 Å². The molecule has 1 aliphatic rings. The smallest absolute Gasteiger partial charge is 0.119 e. The van der Waals surface area contributed by atoms with Crippen LogP contribution in [0.15, 0.2) is 30.3 Å². The molecule has 0 amide bonds. The standard InChI is InChI=1S/C21H32O2/c1-20(2,3)13-7-8-16-9-11-17(12-10-16)22-18-14-19(15-18)23-21(4,5)6/h7-12,18-19H,13-15H2,1-6H3/b8-7+. The molecule has 1 aromatic rings. The predicted octanol–water partition coefficient (Wildman–Crippen LogP) is 5.86. The molecular formula is C21H32O2. The van der Waals surface area contributed by atoms with Crippen molar-refractivity contribution in [1.29, 1.82) is 0 Å². The first-order valence-corrected chi connectivity index (χ1v) is 8.72. The number of rotatable bonds is 5. The van der Waals surface area contributed by atoms with Crippen molar-refractivity contribution in [3.63, 3.8) is 0 Å². The molecule has 0 heterocycles. The summed E-state index contributed by atoms with van der Waals surface area (Å²) < 4.78 is 11.9. The van der Waals surface area contributed by atoms with Gasteiger partial charge in [-0.25, -0.2) is 0 Å². The first-order valence-electron chi connectivity index (χ1n) is 8.72. The monoisotopic (exact) mass is 316 g/mol. The van der Waals surface area contributed by atoms with E-state index in [9.17, 15) is 0 Å². The molecule has 0 radical (unpaired) electrons. The Morgan fingerprint density at radius 3 is 2.09 bits per heavy atom. The molecule has 1 aromatic carbocycles. The first kappa shape index (κ1) is 18.1. The van der Waals surface area contributed by atoms with E-state index in [0.717, 1.165) is 25.0 Å². The fraction of sp³-hybridized carbons (Fsp3) is 0.619. The Kier molecular flexibility index (Phi) is 5.57. The molecule has 0 spiro atoms. The van der Waals surface area contributed by atoms with Crippen LogP contribution in [0.25, 0.3) is 6.08 Å². The van der Waals surface area contributed by atoms with Crippen LogP contribution in [-0.2, 0) is 4.74 Å². The van der Waals surface area contributed by atoms with Gasteiger partial charge in [0.05, 0.1) is 11.7 Å². The maximum atomic E-state index is 6.00. The SMILES string of the molecule is CC(C)(C)C/C=C/c1ccc(OC2CC(OC(C)(C)C)C2)cc1. The van der Waals surface area contributed by atoms with Crippen LogP contribution in [0.1, 0.15) is 66.4 Å². The van der Waals surface area contributed by atoms with E-state index in [1.165, 1.54) is 5.56 Å². The van der Waals surface area contributed by atoms with Gasteiger partial charge in [-0.3, -0.25) is 0 Å². The highest BCUT2D eigenvalue weighted by Crippen LogP contribution is 2.31. The molecule has 2 rings (SSSR count). The second kappa shape index (κ2) is 7.09. The number of benzene rings is 1. The van der Waals surface area contributed by atoms with Crippen molar-refractivity contribution < 1.29 is 9.47 Å². The Labute approximate surface area is 141 Å². The summed E-state index contributed by atoms with van der Waals surface area (Å²) >= 11 is 0. The van der Waals surface area contributed by atoms with Crippen LogP contribution in [0, 0.1) is 5.41 Å². The van der Waals surface area contributed by atoms with Crippen molar-refractivity contribution in [3.8, 4) is 5.75 Å². The van der Waals surface area contributed by atoms with Crippen molar-refractivity contribution >= 4 is 6.08 Å². The topological polar surface area (TPSA) is 18.5 Å². The molecule has 0 saturated heterocycles. The number of hydrogen-bond acceptors (Lipinski definition) is 2. The molecule has 0 unspecified atom stereocenters. The van der Waals surface area contributed by atoms with Gasteiger partial charge in [0, 0.05) is 12.8 Å². The second-order valence-corrected chi connectivity index (χ2v) is 8.80. The molecule has 0 atom stereocenters. The summed E-state index contributed by atoms with van der Waals surface area (Å²) in [6, 6.07) is 8.37. The number of ether oxygens (including phenoxy) is 2. The summed E-state index contributed by atoms with van der Waals surface area (Å²) in [5.41, 5.74) is 1.51. The van der Waals surface area contributed by atoms with Crippen LogP contribution in [0.3, 0.4) is 0 Å². The quantitative estimate of drug-likeness (QED) is 0.677. The van der Waals surface area contributed by atoms with Crippen molar-refractivity contribution in [1.82, 2.24) is 0 Å². The Morgan fingerprint density at radius 2 is 1.57 bits per heavy atom. The van der Waals surface area contributed by atoms with Crippen molar-refractivity contribution in [2.75, 3.05) is 0 Å². The highest BCUT2D eigenvalue weighted by molar-refractivity contribution is 5.50. The Bertz CT molecular complexity index is 508. The molecule has 2 heteroatoms. The number of allylic oxidation sites excluding steroid dienone is 1. The lowest BCUT2D eigenvalue weighted by Crippen LogP contribution is -2.43. The van der Waals surface area contributed by atoms with E-state index < -0.39 is 0 Å². The third kappa shape index (κ3) is 6.78. The molecule has 1 saturated carbocycles. The van der Waals surface area contributed by atoms with E-state index >= 15 is 0 Å². The second-order valence-electron chi connectivity index (χ2n) is 8.80. The number of hydrogen-bond donors (Lipinski definition) is 0. The lowest BCUT2D eigenvalue weighted by atomic mass is 9.91. The molecule has 128 valence electrons. The zero-order valence-electron chi connectivity index (χ0n) is 15.6. The van der Waals surface area contributed by atoms with E-state index in [2.05, 4.69) is 78.0 Å². The lowest BCUT2D eigenvalue weighted by molar-refractivity contribution is -0.126. The van der Waals surface area contributed by atoms with Crippen molar-refractivity contribution in [2.24, 2.45) is 5.41 Å². The van der Waals surface area contributed by atoms with Gasteiger partial charge in [0.15, 0.2) is 0 Å². The highest BCUT2D eigenvalue weighted by Gasteiger charge is 2.34. The zero-order valence-corrected chi connectivity index (χ0v) is 15.6. The van der Waals surface area contributed by atoms with E-state index in [1.54, 1.807) is 0 Å². The third-order valence-electron chi connectivity index (χ3n) is 3.80. The molecule has 0 N–H and O–H groups in total. The fourth-order valence-corrected chi connectivity index (χ4v) is 2.61. The summed E-state index contributed by atoms with van der Waals surface area (Å²) in [4.78, 5) is 0. The zero-order chi connectivity index (χ0) is 17.1. The first-order chi connectivity index (χ1) is 10.6. The minimum absolute atomic E-state index is 0.0589. The van der Waals surface area contributed by atoms with Gasteiger partial charge in [-0.1, -0.05) is 45.1 Å². The van der Waals surface area contributed by atoms with E-state index in [4.69, 9.17) is 9.47 Å². The van der Waals surface area contributed by atoms with Crippen LogP contribution < -0.4 is 4.74 Å². The molecule has 0 aliphatic heterocycles. The average molecular weight is 316 g/mol. The summed E-state index contributed by atoms with van der Waals surface area (Å²) in [5, 5.41) is 0. The van der Waals surface area contributed by atoms with E-state index in [1.807, 2.05) is 0 Å². The Hall–Kier alpha value is -1.28. The average Bonchev–Trinajstić information content (AvgIpc) is 2.35. The van der Waals surface area contributed by atoms with Crippen LogP contribution >= 0.6 is 0 Å². The van der Waals surface area contributed by atoms with Gasteiger partial charge < -0.3 is 9.47 Å². The highest BCUT2D eigenvalue weighted by atomic mass is 16.5. The normalized spacial score (nSPS) is 22.2. The minimum Gasteiger partial charge on any atom is -0.490 e. The molecule has 1 aliphatic carbocycles. The van der Waals surface area contributed by atoms with Crippen LogP contribution in [0.2, 0.25) is 0 Å². The summed E-state index contributed by atoms with van der Waals surface area (Å²) in [5.74, 6) is 0.956. The van der Waals surface area contributed by atoms with Gasteiger partial charge in [0.25, 0.3) is 0 Å². The fourth-order valence-electron chi connectivity index (χ4n) is 2.61. The molecule has 2 nitrogen and oxygen atoms in total. The molecular weight excluding hydrogens is 284 g/mol. The van der Waals surface area contributed by atoms with Crippen LogP contribution in [0.4, 0.5) is 0 Å². The van der Waals surface area contributed by atoms with Gasteiger partial charge in [-0.05, 0) is 50.3 Å². The summed E-state index contributed by atoms with van der Waals surface area (Å²) in [6.07, 6.45) is 8.14. The largest absolute Gasteiger partial charge is 0.490 e. The maximum Gasteiger partial charge on any atom is 0.119 e. The molecule has 0 bridgehead atoms. The Morgan fingerprint density at radius 1 is 0.957 bits per heavy atom. The molecule has 1 fully saturated rings. The van der Waals surface area contributed by atoms with Crippen LogP contribution in [0.5, 0.6) is 5.75 Å². The van der Waals surface area contributed by atoms with Gasteiger partial charge in [-0.15, -0.1) is 0 Å². The summed E-state index contributed by atoms with van der Waals surface area (Å²) in [7, 11) is 0. The molecule has 0 aromatic heterocycles. The predicted molar refractivity (Wildman–Crippen MR) is 97.8 cm³/mol. The van der Waals surface area contributed by atoms with Crippen molar-refractivity contribution in [2.45, 2.75) is 78.6 Å². The Balaban J connectivity index is 1.76. The van der Waals surface area contributed by atoms with E-state index in [-0.39, 0.29) is 5.60 Å². The molecule has 23 heavy (non-hydrogen) atoms.